The predicted octanol–water partition coefficient (Wildman–Crippen LogP) is 3.74. The zero-order valence-corrected chi connectivity index (χ0v) is 13.8. The molecular weight excluding hydrogens is 318 g/mol. The van der Waals surface area contributed by atoms with Crippen molar-refractivity contribution in [3.63, 3.8) is 0 Å². The Hall–Kier alpha value is -0.470. The second kappa shape index (κ2) is 7.00. The summed E-state index contributed by atoms with van der Waals surface area (Å²) < 4.78 is 10.5. The first-order valence-corrected chi connectivity index (χ1v) is 8.15. The summed E-state index contributed by atoms with van der Waals surface area (Å²) in [5.41, 5.74) is 0.714. The van der Waals surface area contributed by atoms with Gasteiger partial charge in [0.1, 0.15) is 11.5 Å². The molecule has 110 valence electrons. The molecule has 1 aliphatic rings. The van der Waals surface area contributed by atoms with Crippen molar-refractivity contribution in [1.82, 2.24) is 0 Å². The van der Waals surface area contributed by atoms with Crippen LogP contribution in [0.2, 0.25) is 10.0 Å². The SMILES string of the molecule is COc1c(Cl)cc(Cl)c(OC)c1C([O-])=PC1CCCC1. The van der Waals surface area contributed by atoms with Gasteiger partial charge in [0, 0.05) is 0 Å². The molecule has 0 aliphatic heterocycles. The molecule has 0 amide bonds. The summed E-state index contributed by atoms with van der Waals surface area (Å²) >= 11 is 12.2. The van der Waals surface area contributed by atoms with E-state index in [0.29, 0.717) is 32.8 Å². The molecule has 1 aliphatic carbocycles. The number of ether oxygens (including phenoxy) is 2. The molecule has 1 saturated carbocycles. The van der Waals surface area contributed by atoms with Crippen molar-refractivity contribution >= 4 is 36.9 Å². The number of hydrogen-bond donors (Lipinski definition) is 0. The molecular formula is C14H16Cl2O3P-. The second-order valence-electron chi connectivity index (χ2n) is 4.65. The first-order chi connectivity index (χ1) is 9.58. The predicted molar refractivity (Wildman–Crippen MR) is 82.9 cm³/mol. The summed E-state index contributed by atoms with van der Waals surface area (Å²) in [6.07, 6.45) is 4.56. The molecule has 6 heteroatoms. The Bertz CT molecular complexity index is 497. The Labute approximate surface area is 130 Å². The molecule has 0 saturated heterocycles. The molecule has 0 atom stereocenters. The average Bonchev–Trinajstić information content (AvgIpc) is 2.90. The number of hydrogen-bond acceptors (Lipinski definition) is 3. The normalized spacial score (nSPS) is 16.6. The maximum Gasteiger partial charge on any atom is 0.147 e. The van der Waals surface area contributed by atoms with Gasteiger partial charge in [0.25, 0.3) is 0 Å². The fourth-order valence-corrected chi connectivity index (χ4v) is 4.35. The Morgan fingerprint density at radius 1 is 1.15 bits per heavy atom. The molecule has 0 spiro atoms. The van der Waals surface area contributed by atoms with E-state index in [-0.39, 0.29) is 5.48 Å². The largest absolute Gasteiger partial charge is 0.823 e. The van der Waals surface area contributed by atoms with Gasteiger partial charge in [-0.3, -0.25) is 0 Å². The van der Waals surface area contributed by atoms with E-state index in [2.05, 4.69) is 0 Å². The van der Waals surface area contributed by atoms with E-state index in [0.717, 1.165) is 21.0 Å². The van der Waals surface area contributed by atoms with Crippen LogP contribution in [0.5, 0.6) is 11.5 Å². The Balaban J connectivity index is 2.52. The molecule has 0 aromatic heterocycles. The third-order valence-corrected chi connectivity index (χ3v) is 5.29. The topological polar surface area (TPSA) is 41.5 Å². The number of benzene rings is 1. The molecule has 0 unspecified atom stereocenters. The lowest BCUT2D eigenvalue weighted by Crippen LogP contribution is -2.20. The van der Waals surface area contributed by atoms with E-state index < -0.39 is 0 Å². The summed E-state index contributed by atoms with van der Waals surface area (Å²) in [6.45, 7) is 0. The van der Waals surface area contributed by atoms with Crippen LogP contribution in [0.25, 0.3) is 0 Å². The highest BCUT2D eigenvalue weighted by atomic mass is 35.5. The minimum Gasteiger partial charge on any atom is -0.823 e. The monoisotopic (exact) mass is 333 g/mol. The van der Waals surface area contributed by atoms with Crippen LogP contribution in [0.15, 0.2) is 6.07 Å². The lowest BCUT2D eigenvalue weighted by atomic mass is 10.2. The average molecular weight is 334 g/mol. The Kier molecular flexibility index (Phi) is 5.57. The number of methoxy groups -OCH3 is 2. The van der Waals surface area contributed by atoms with Crippen LogP contribution >= 0.6 is 31.4 Å². The fourth-order valence-electron chi connectivity index (χ4n) is 2.44. The smallest absolute Gasteiger partial charge is 0.147 e. The first-order valence-electron chi connectivity index (χ1n) is 6.43. The Morgan fingerprint density at radius 3 is 2.10 bits per heavy atom. The van der Waals surface area contributed by atoms with E-state index in [4.69, 9.17) is 32.7 Å². The molecule has 0 N–H and O–H groups in total. The van der Waals surface area contributed by atoms with E-state index in [9.17, 15) is 5.11 Å². The van der Waals surface area contributed by atoms with Gasteiger partial charge in [-0.2, -0.15) is 0 Å². The number of rotatable bonds is 4. The van der Waals surface area contributed by atoms with Crippen molar-refractivity contribution < 1.29 is 14.6 Å². The second-order valence-corrected chi connectivity index (χ2v) is 6.86. The van der Waals surface area contributed by atoms with Crippen LogP contribution in [0.1, 0.15) is 31.2 Å². The summed E-state index contributed by atoms with van der Waals surface area (Å²) in [5.74, 6) is 0.673. The molecule has 3 nitrogen and oxygen atoms in total. The van der Waals surface area contributed by atoms with Crippen LogP contribution in [0.3, 0.4) is 0 Å². The van der Waals surface area contributed by atoms with Gasteiger partial charge in [-0.05, 0) is 24.6 Å². The van der Waals surface area contributed by atoms with Crippen molar-refractivity contribution in [3.8, 4) is 11.5 Å². The lowest BCUT2D eigenvalue weighted by Gasteiger charge is -2.22. The van der Waals surface area contributed by atoms with Crippen LogP contribution < -0.4 is 14.6 Å². The molecule has 20 heavy (non-hydrogen) atoms. The van der Waals surface area contributed by atoms with Crippen LogP contribution in [-0.4, -0.2) is 25.4 Å². The summed E-state index contributed by atoms with van der Waals surface area (Å²) in [7, 11) is 3.73. The summed E-state index contributed by atoms with van der Waals surface area (Å²) in [5, 5.41) is 13.2. The van der Waals surface area contributed by atoms with E-state index in [1.165, 1.54) is 33.1 Å². The van der Waals surface area contributed by atoms with Crippen molar-refractivity contribution in [1.29, 1.82) is 0 Å². The lowest BCUT2D eigenvalue weighted by molar-refractivity contribution is -0.207. The van der Waals surface area contributed by atoms with E-state index in [1.807, 2.05) is 0 Å². The summed E-state index contributed by atoms with van der Waals surface area (Å²) in [4.78, 5) is 0. The van der Waals surface area contributed by atoms with Gasteiger partial charge in [0.2, 0.25) is 0 Å². The Morgan fingerprint density at radius 2 is 1.65 bits per heavy atom. The molecule has 1 aromatic rings. The maximum absolute atomic E-state index is 12.6. The van der Waals surface area contributed by atoms with Gasteiger partial charge in [0.05, 0.1) is 29.8 Å². The molecule has 0 bridgehead atoms. The van der Waals surface area contributed by atoms with Gasteiger partial charge in [-0.15, -0.1) is 13.7 Å². The highest BCUT2D eigenvalue weighted by Crippen LogP contribution is 2.42. The fraction of sp³-hybridized carbons (Fsp3) is 0.500. The molecule has 2 rings (SSSR count). The van der Waals surface area contributed by atoms with Crippen LogP contribution in [-0.2, 0) is 0 Å². The zero-order chi connectivity index (χ0) is 14.7. The van der Waals surface area contributed by atoms with Crippen molar-refractivity contribution in [2.45, 2.75) is 31.3 Å². The third-order valence-electron chi connectivity index (χ3n) is 3.39. The van der Waals surface area contributed by atoms with Gasteiger partial charge < -0.3 is 14.6 Å². The van der Waals surface area contributed by atoms with Crippen molar-refractivity contribution in [2.75, 3.05) is 14.2 Å². The highest BCUT2D eigenvalue weighted by Gasteiger charge is 2.19. The van der Waals surface area contributed by atoms with Crippen LogP contribution in [0, 0.1) is 0 Å². The first kappa shape index (κ1) is 15.9. The third kappa shape index (κ3) is 3.23. The molecule has 0 heterocycles. The van der Waals surface area contributed by atoms with Gasteiger partial charge >= 0.3 is 0 Å². The minimum atomic E-state index is -0.0463. The zero-order valence-electron chi connectivity index (χ0n) is 11.4. The molecule has 1 aromatic carbocycles. The van der Waals surface area contributed by atoms with Gasteiger partial charge in [-0.25, -0.2) is 0 Å². The standard InChI is InChI=1S/C14H17Cl2O3P/c1-18-12-9(15)7-10(16)13(19-2)11(12)14(17)20-8-5-3-4-6-8/h7-8,17H,3-6H2,1-2H3/p-1. The van der Waals surface area contributed by atoms with Crippen molar-refractivity contribution in [3.05, 3.63) is 21.7 Å². The highest BCUT2D eigenvalue weighted by molar-refractivity contribution is 7.41. The quantitative estimate of drug-likeness (QED) is 0.788. The summed E-state index contributed by atoms with van der Waals surface area (Å²) in [6, 6.07) is 1.53. The van der Waals surface area contributed by atoms with Gasteiger partial charge in [0.15, 0.2) is 0 Å². The van der Waals surface area contributed by atoms with E-state index >= 15 is 0 Å². The maximum atomic E-state index is 12.6. The number of halogens is 2. The van der Waals surface area contributed by atoms with Crippen molar-refractivity contribution in [2.24, 2.45) is 0 Å². The van der Waals surface area contributed by atoms with E-state index in [1.54, 1.807) is 0 Å². The van der Waals surface area contributed by atoms with Gasteiger partial charge in [-0.1, -0.05) is 36.0 Å². The molecule has 0 radical (unpaired) electrons. The molecule has 1 fully saturated rings. The van der Waals surface area contributed by atoms with Crippen LogP contribution in [0.4, 0.5) is 0 Å². The minimum absolute atomic E-state index is 0.0463.